The van der Waals surface area contributed by atoms with Gasteiger partial charge in [0, 0.05) is 16.7 Å². The lowest BCUT2D eigenvalue weighted by Crippen LogP contribution is -2.20. The van der Waals surface area contributed by atoms with Crippen molar-refractivity contribution < 1.29 is 0 Å². The van der Waals surface area contributed by atoms with Gasteiger partial charge in [0.05, 0.1) is 44.9 Å². The van der Waals surface area contributed by atoms with E-state index in [1.54, 1.807) is 0 Å². The minimum Gasteiger partial charge on any atom is -0.354 e. The van der Waals surface area contributed by atoms with E-state index in [1.165, 1.54) is 191 Å². The van der Waals surface area contributed by atoms with Gasteiger partial charge in [0.1, 0.15) is 0 Å². The van der Waals surface area contributed by atoms with E-state index in [-0.39, 0.29) is 0 Å². The van der Waals surface area contributed by atoms with Crippen LogP contribution in [0.5, 0.6) is 0 Å². The van der Waals surface area contributed by atoms with Crippen molar-refractivity contribution in [3.05, 3.63) is 190 Å². The number of aliphatic imine (C=N–C) groups is 1. The van der Waals surface area contributed by atoms with E-state index < -0.39 is 0 Å². The molecule has 0 unspecified atom stereocenters. The smallest absolute Gasteiger partial charge is 0.0910 e. The molecule has 3 aromatic heterocycles. The number of benzene rings is 3. The number of allylic oxidation sites excluding steroid dienone is 2. The Morgan fingerprint density at radius 1 is 0.350 bits per heavy atom. The summed E-state index contributed by atoms with van der Waals surface area (Å²) in [5.74, 6) is 0. The second-order valence-corrected chi connectivity index (χ2v) is 18.8. The summed E-state index contributed by atoms with van der Waals surface area (Å²) in [4.78, 5) is 19.0. The van der Waals surface area contributed by atoms with Crippen LogP contribution >= 0.6 is 0 Å². The van der Waals surface area contributed by atoms with Crippen molar-refractivity contribution in [2.75, 3.05) is 0 Å². The zero-order valence-electron chi connectivity index (χ0n) is 35.7. The molecule has 4 nitrogen and oxygen atoms in total. The molecule has 0 fully saturated rings. The standard InChI is InChI=1S/C56H56N4/c1-32-20-26-35(27-21-32)46-49-38-12-4-6-14-40(38)51(57-49)47(36-28-22-33(2)23-29-36)53-42-16-8-10-18-44(42)55(59-53)56-45-19-11-9-17-43(45)54(60-56)48(37-30-24-34(3)25-31-37)52-41-15-7-5-13-39(41)50(46)58-52/h20-31,57-59H,4-19H2,1-3H3. The lowest BCUT2D eigenvalue weighted by atomic mass is 9.83. The molecule has 6 aliphatic rings. The molecule has 8 bridgehead atoms. The SMILES string of the molecule is Cc1ccc(C2=C3N=C(C4=C3CCCC4)c3[nH]c(c4c3CCCC4)C(c3ccc(C)cc3)=c3[nH]c(c4c3CCCC4)=C(c3ccc(C)cc3)c3[nH]c2c2c3CCCC2)cc1. The van der Waals surface area contributed by atoms with Gasteiger partial charge < -0.3 is 15.0 Å². The number of aryl methyl sites for hydroxylation is 3. The normalized spacial score (nSPS) is 18.4. The Morgan fingerprint density at radius 2 is 0.700 bits per heavy atom. The molecule has 1 aliphatic heterocycles. The second-order valence-electron chi connectivity index (χ2n) is 18.8. The van der Waals surface area contributed by atoms with Crippen LogP contribution in [0.15, 0.2) is 94.6 Å². The molecule has 300 valence electrons. The molecule has 0 spiro atoms. The fraction of sp³-hybridized carbons (Fsp3) is 0.339. The van der Waals surface area contributed by atoms with E-state index in [4.69, 9.17) is 4.99 Å². The molecule has 4 heterocycles. The van der Waals surface area contributed by atoms with Gasteiger partial charge in [-0.3, -0.25) is 0 Å². The van der Waals surface area contributed by atoms with Gasteiger partial charge in [-0.05, 0) is 185 Å². The number of H-pyrrole nitrogens is 3. The molecule has 12 rings (SSSR count). The van der Waals surface area contributed by atoms with Gasteiger partial charge in [-0.1, -0.05) is 89.5 Å². The van der Waals surface area contributed by atoms with Crippen molar-refractivity contribution in [3.8, 4) is 0 Å². The van der Waals surface area contributed by atoms with Crippen molar-refractivity contribution in [1.82, 2.24) is 15.0 Å². The largest absolute Gasteiger partial charge is 0.354 e. The van der Waals surface area contributed by atoms with Crippen LogP contribution in [0, 0.1) is 20.8 Å². The first-order valence-corrected chi connectivity index (χ1v) is 23.2. The molecule has 3 aromatic carbocycles. The highest BCUT2D eigenvalue weighted by atomic mass is 14.9. The van der Waals surface area contributed by atoms with Gasteiger partial charge >= 0.3 is 0 Å². The topological polar surface area (TPSA) is 59.7 Å². The van der Waals surface area contributed by atoms with E-state index in [1.807, 2.05) is 0 Å². The lowest BCUT2D eigenvalue weighted by molar-refractivity contribution is 0.684. The van der Waals surface area contributed by atoms with Gasteiger partial charge in [-0.2, -0.15) is 0 Å². The first kappa shape index (κ1) is 36.3. The average Bonchev–Trinajstić information content (AvgIpc) is 4.05. The van der Waals surface area contributed by atoms with Gasteiger partial charge in [0.25, 0.3) is 0 Å². The molecule has 0 radical (unpaired) electrons. The highest BCUT2D eigenvalue weighted by Gasteiger charge is 2.37. The van der Waals surface area contributed by atoms with Crippen molar-refractivity contribution in [1.29, 1.82) is 0 Å². The predicted octanol–water partition coefficient (Wildman–Crippen LogP) is 11.2. The minimum absolute atomic E-state index is 1.08. The Balaban J connectivity index is 1.32. The molecule has 4 heteroatoms. The van der Waals surface area contributed by atoms with Crippen LogP contribution in [0.2, 0.25) is 0 Å². The van der Waals surface area contributed by atoms with Gasteiger partial charge in [-0.25, -0.2) is 4.99 Å². The van der Waals surface area contributed by atoms with Crippen molar-refractivity contribution >= 4 is 22.4 Å². The summed E-state index contributed by atoms with van der Waals surface area (Å²) >= 11 is 0. The number of rotatable bonds is 3. The zero-order chi connectivity index (χ0) is 40.1. The van der Waals surface area contributed by atoms with Gasteiger partial charge in [0.2, 0.25) is 0 Å². The Labute approximate surface area is 354 Å². The predicted molar refractivity (Wildman–Crippen MR) is 246 cm³/mol. The quantitative estimate of drug-likeness (QED) is 0.160. The number of hydrogen-bond acceptors (Lipinski definition) is 1. The molecular formula is C56H56N4. The average molecular weight is 785 g/mol. The van der Waals surface area contributed by atoms with Crippen LogP contribution in [0.1, 0.15) is 154 Å². The maximum Gasteiger partial charge on any atom is 0.0910 e. The van der Waals surface area contributed by atoms with E-state index in [0.29, 0.717) is 0 Å². The summed E-state index contributed by atoms with van der Waals surface area (Å²) in [6.07, 6.45) is 18.5. The van der Waals surface area contributed by atoms with Crippen molar-refractivity contribution in [2.45, 2.75) is 124 Å². The Morgan fingerprint density at radius 3 is 1.17 bits per heavy atom. The van der Waals surface area contributed by atoms with Gasteiger partial charge in [0.15, 0.2) is 0 Å². The molecule has 0 amide bonds. The van der Waals surface area contributed by atoms with Crippen LogP contribution in [0.4, 0.5) is 0 Å². The van der Waals surface area contributed by atoms with Crippen LogP contribution in [0.25, 0.3) is 16.7 Å². The summed E-state index contributed by atoms with van der Waals surface area (Å²) in [5, 5.41) is 2.63. The Hall–Kier alpha value is -5.61. The molecule has 0 saturated carbocycles. The molecule has 0 atom stereocenters. The zero-order valence-corrected chi connectivity index (χ0v) is 35.7. The monoisotopic (exact) mass is 784 g/mol. The lowest BCUT2D eigenvalue weighted by Gasteiger charge is -2.20. The number of aromatic amines is 3. The molecule has 5 aliphatic carbocycles. The van der Waals surface area contributed by atoms with Crippen LogP contribution < -0.4 is 10.7 Å². The van der Waals surface area contributed by atoms with E-state index in [0.717, 1.165) is 51.4 Å². The first-order valence-electron chi connectivity index (χ1n) is 23.2. The van der Waals surface area contributed by atoms with Crippen molar-refractivity contribution in [2.24, 2.45) is 4.99 Å². The van der Waals surface area contributed by atoms with E-state index >= 15 is 0 Å². The van der Waals surface area contributed by atoms with E-state index in [2.05, 4.69) is 109 Å². The van der Waals surface area contributed by atoms with Crippen LogP contribution in [-0.4, -0.2) is 20.7 Å². The van der Waals surface area contributed by atoms with Crippen LogP contribution in [-0.2, 0) is 38.5 Å². The number of hydrogen-bond donors (Lipinski definition) is 3. The third-order valence-electron chi connectivity index (χ3n) is 15.0. The highest BCUT2D eigenvalue weighted by Crippen LogP contribution is 2.47. The van der Waals surface area contributed by atoms with E-state index in [9.17, 15) is 0 Å². The number of fused-ring (bicyclic) bond motifs is 1. The number of nitrogens with one attached hydrogen (secondary N) is 3. The maximum atomic E-state index is 5.99. The summed E-state index contributed by atoms with van der Waals surface area (Å²) in [6.45, 7) is 6.64. The Kier molecular flexibility index (Phi) is 8.61. The molecule has 0 saturated heterocycles. The fourth-order valence-electron chi connectivity index (χ4n) is 11.9. The number of aromatic nitrogens is 3. The number of nitrogens with zero attached hydrogens (tertiary/aromatic N) is 1. The Bertz CT molecular complexity index is 2960. The summed E-state index contributed by atoms with van der Waals surface area (Å²) in [5.41, 5.74) is 31.3. The first-order chi connectivity index (χ1) is 29.5. The van der Waals surface area contributed by atoms with Crippen molar-refractivity contribution in [3.63, 3.8) is 0 Å². The molecule has 60 heavy (non-hydrogen) atoms. The highest BCUT2D eigenvalue weighted by molar-refractivity contribution is 6.17. The summed E-state index contributed by atoms with van der Waals surface area (Å²) in [7, 11) is 0. The molecular weight excluding hydrogens is 729 g/mol. The van der Waals surface area contributed by atoms with Crippen LogP contribution in [0.3, 0.4) is 0 Å². The second kappa shape index (κ2) is 14.3. The fourth-order valence-corrected chi connectivity index (χ4v) is 11.9. The molecule has 6 aromatic rings. The summed E-state index contributed by atoms with van der Waals surface area (Å²) in [6, 6.07) is 28.1. The van der Waals surface area contributed by atoms with Gasteiger partial charge in [-0.15, -0.1) is 0 Å². The maximum absolute atomic E-state index is 5.99. The summed E-state index contributed by atoms with van der Waals surface area (Å²) < 4.78 is 0. The third-order valence-corrected chi connectivity index (χ3v) is 15.0. The third kappa shape index (κ3) is 5.66. The molecule has 3 N–H and O–H groups in total. The minimum atomic E-state index is 1.08.